The van der Waals surface area contributed by atoms with Gasteiger partial charge in [-0.1, -0.05) is 11.6 Å². The van der Waals surface area contributed by atoms with Crippen LogP contribution in [0.1, 0.15) is 11.3 Å². The number of halogens is 1. The van der Waals surface area contributed by atoms with E-state index in [1.54, 1.807) is 13.2 Å². The average molecular weight is 269 g/mol. The van der Waals surface area contributed by atoms with E-state index >= 15 is 0 Å². The van der Waals surface area contributed by atoms with Gasteiger partial charge in [0.15, 0.2) is 0 Å². The molecule has 2 rings (SSSR count). The van der Waals surface area contributed by atoms with E-state index in [4.69, 9.17) is 16.3 Å². The number of nitrogens with zero attached hydrogens (tertiary/aromatic N) is 2. The van der Waals surface area contributed by atoms with Gasteiger partial charge in [-0.05, 0) is 25.1 Å². The summed E-state index contributed by atoms with van der Waals surface area (Å²) in [4.78, 5) is 0. The molecule has 0 amide bonds. The molecule has 2 aromatic rings. The van der Waals surface area contributed by atoms with Crippen LogP contribution in [0.3, 0.4) is 0 Å². The predicted octanol–water partition coefficient (Wildman–Crippen LogP) is 3.27. The third-order valence-electron chi connectivity index (χ3n) is 2.65. The van der Waals surface area contributed by atoms with Gasteiger partial charge in [0.1, 0.15) is 11.4 Å². The normalized spacial score (nSPS) is 10.6. The van der Waals surface area contributed by atoms with Crippen LogP contribution in [0.25, 0.3) is 5.69 Å². The van der Waals surface area contributed by atoms with Crippen LogP contribution in [0.15, 0.2) is 24.4 Å². The summed E-state index contributed by atoms with van der Waals surface area (Å²) < 4.78 is 7.13. The van der Waals surface area contributed by atoms with Crippen molar-refractivity contribution in [2.75, 3.05) is 7.11 Å². The van der Waals surface area contributed by atoms with Gasteiger partial charge >= 0.3 is 0 Å². The Bertz CT molecular complexity index is 539. The zero-order valence-electron chi connectivity index (χ0n) is 9.64. The van der Waals surface area contributed by atoms with Crippen LogP contribution in [0.2, 0.25) is 5.02 Å². The highest BCUT2D eigenvalue weighted by molar-refractivity contribution is 7.79. The van der Waals surface area contributed by atoms with Crippen LogP contribution in [0, 0.1) is 6.92 Å². The SMILES string of the molecule is COc1ccc(Cl)cc1-n1ncc(CS)c1C. The third kappa shape index (κ3) is 2.28. The quantitative estimate of drug-likeness (QED) is 0.865. The maximum atomic E-state index is 6.00. The highest BCUT2D eigenvalue weighted by Crippen LogP contribution is 2.27. The number of rotatable bonds is 3. The molecule has 5 heteroatoms. The number of benzene rings is 1. The summed E-state index contributed by atoms with van der Waals surface area (Å²) in [7, 11) is 1.63. The van der Waals surface area contributed by atoms with Gasteiger partial charge in [0.05, 0.1) is 13.3 Å². The van der Waals surface area contributed by atoms with Crippen molar-refractivity contribution in [3.8, 4) is 11.4 Å². The number of hydrogen-bond acceptors (Lipinski definition) is 3. The molecule has 3 nitrogen and oxygen atoms in total. The molecule has 0 saturated carbocycles. The molecule has 1 aromatic heterocycles. The Morgan fingerprint density at radius 3 is 2.82 bits per heavy atom. The first-order valence-electron chi connectivity index (χ1n) is 5.15. The smallest absolute Gasteiger partial charge is 0.144 e. The molecule has 0 unspecified atom stereocenters. The third-order valence-corrected chi connectivity index (χ3v) is 3.23. The molecule has 17 heavy (non-hydrogen) atoms. The topological polar surface area (TPSA) is 27.1 Å². The summed E-state index contributed by atoms with van der Waals surface area (Å²) in [6.07, 6.45) is 1.81. The standard InChI is InChI=1S/C12H13ClN2OS/c1-8-9(7-17)6-14-15(8)11-5-10(13)3-4-12(11)16-2/h3-6,17H,7H2,1-2H3. The Hall–Kier alpha value is -1.13. The van der Waals surface area contributed by atoms with E-state index in [9.17, 15) is 0 Å². The van der Waals surface area contributed by atoms with E-state index in [-0.39, 0.29) is 0 Å². The van der Waals surface area contributed by atoms with Crippen molar-refractivity contribution in [3.05, 3.63) is 40.7 Å². The first-order chi connectivity index (χ1) is 8.17. The number of hydrogen-bond donors (Lipinski definition) is 1. The second kappa shape index (κ2) is 5.02. The van der Waals surface area contributed by atoms with Gasteiger partial charge in [-0.25, -0.2) is 4.68 Å². The molecule has 1 aromatic carbocycles. The molecule has 0 saturated heterocycles. The van der Waals surface area contributed by atoms with E-state index in [0.29, 0.717) is 10.8 Å². The molecule has 0 N–H and O–H groups in total. The monoisotopic (exact) mass is 268 g/mol. The van der Waals surface area contributed by atoms with Gasteiger partial charge < -0.3 is 4.74 Å². The fraction of sp³-hybridized carbons (Fsp3) is 0.250. The van der Waals surface area contributed by atoms with Crippen LogP contribution in [0.5, 0.6) is 5.75 Å². The summed E-state index contributed by atoms with van der Waals surface area (Å²) in [6.45, 7) is 2.00. The lowest BCUT2D eigenvalue weighted by Gasteiger charge is -2.10. The molecule has 0 spiro atoms. The van der Waals surface area contributed by atoms with Crippen molar-refractivity contribution < 1.29 is 4.74 Å². The summed E-state index contributed by atoms with van der Waals surface area (Å²) in [5, 5.41) is 4.99. The van der Waals surface area contributed by atoms with Crippen LogP contribution in [-0.4, -0.2) is 16.9 Å². The first kappa shape index (κ1) is 12.3. The lowest BCUT2D eigenvalue weighted by molar-refractivity contribution is 0.411. The molecule has 1 heterocycles. The lowest BCUT2D eigenvalue weighted by atomic mass is 10.2. The minimum Gasteiger partial charge on any atom is -0.494 e. The van der Waals surface area contributed by atoms with E-state index in [2.05, 4.69) is 17.7 Å². The predicted molar refractivity (Wildman–Crippen MR) is 72.6 cm³/mol. The van der Waals surface area contributed by atoms with Gasteiger partial charge in [-0.2, -0.15) is 17.7 Å². The highest BCUT2D eigenvalue weighted by atomic mass is 35.5. The van der Waals surface area contributed by atoms with Gasteiger partial charge in [-0.3, -0.25) is 0 Å². The second-order valence-electron chi connectivity index (χ2n) is 3.64. The van der Waals surface area contributed by atoms with E-state index in [1.807, 2.05) is 29.9 Å². The first-order valence-corrected chi connectivity index (χ1v) is 6.16. The Labute approximate surface area is 111 Å². The summed E-state index contributed by atoms with van der Waals surface area (Å²) in [5.41, 5.74) is 2.97. The number of methoxy groups -OCH3 is 1. The number of ether oxygens (including phenoxy) is 1. The van der Waals surface area contributed by atoms with Crippen LogP contribution in [-0.2, 0) is 5.75 Å². The second-order valence-corrected chi connectivity index (χ2v) is 4.39. The van der Waals surface area contributed by atoms with E-state index in [0.717, 1.165) is 22.7 Å². The number of thiol groups is 1. The van der Waals surface area contributed by atoms with Crippen LogP contribution >= 0.6 is 24.2 Å². The van der Waals surface area contributed by atoms with Crippen LogP contribution < -0.4 is 4.74 Å². The fourth-order valence-electron chi connectivity index (χ4n) is 1.67. The minimum atomic E-state index is 0.656. The van der Waals surface area contributed by atoms with Crippen molar-refractivity contribution in [1.29, 1.82) is 0 Å². The molecule has 0 atom stereocenters. The minimum absolute atomic E-state index is 0.656. The zero-order chi connectivity index (χ0) is 12.4. The largest absolute Gasteiger partial charge is 0.494 e. The molecule has 0 aliphatic heterocycles. The molecule has 0 bridgehead atoms. The van der Waals surface area contributed by atoms with Gasteiger partial charge in [-0.15, -0.1) is 0 Å². The Morgan fingerprint density at radius 2 is 2.24 bits per heavy atom. The summed E-state index contributed by atoms with van der Waals surface area (Å²) in [5.74, 6) is 1.40. The summed E-state index contributed by atoms with van der Waals surface area (Å²) >= 11 is 10.3. The molecule has 0 aliphatic carbocycles. The Kier molecular flexibility index (Phi) is 3.64. The molecule has 0 radical (unpaired) electrons. The lowest BCUT2D eigenvalue weighted by Crippen LogP contribution is -2.02. The van der Waals surface area contributed by atoms with Gasteiger partial charge in [0, 0.05) is 22.0 Å². The van der Waals surface area contributed by atoms with Crippen LogP contribution in [0.4, 0.5) is 0 Å². The van der Waals surface area contributed by atoms with Crippen molar-refractivity contribution in [1.82, 2.24) is 9.78 Å². The molecule has 0 aliphatic rings. The Balaban J connectivity index is 2.58. The maximum absolute atomic E-state index is 6.00. The molecular weight excluding hydrogens is 256 g/mol. The van der Waals surface area contributed by atoms with Gasteiger partial charge in [0.25, 0.3) is 0 Å². The van der Waals surface area contributed by atoms with Crippen molar-refractivity contribution in [2.24, 2.45) is 0 Å². The van der Waals surface area contributed by atoms with E-state index in [1.165, 1.54) is 0 Å². The average Bonchev–Trinajstić information content (AvgIpc) is 2.70. The number of aromatic nitrogens is 2. The molecule has 90 valence electrons. The fourth-order valence-corrected chi connectivity index (χ4v) is 2.15. The van der Waals surface area contributed by atoms with Crippen molar-refractivity contribution >= 4 is 24.2 Å². The Morgan fingerprint density at radius 1 is 1.47 bits per heavy atom. The van der Waals surface area contributed by atoms with Crippen molar-refractivity contribution in [2.45, 2.75) is 12.7 Å². The van der Waals surface area contributed by atoms with E-state index < -0.39 is 0 Å². The van der Waals surface area contributed by atoms with Crippen molar-refractivity contribution in [3.63, 3.8) is 0 Å². The maximum Gasteiger partial charge on any atom is 0.144 e. The van der Waals surface area contributed by atoms with Gasteiger partial charge in [0.2, 0.25) is 0 Å². The zero-order valence-corrected chi connectivity index (χ0v) is 11.3. The summed E-state index contributed by atoms with van der Waals surface area (Å²) in [6, 6.07) is 5.46. The highest BCUT2D eigenvalue weighted by Gasteiger charge is 2.11. The molecular formula is C12H13ClN2OS. The molecule has 0 fully saturated rings.